The molecule has 2 nitrogen and oxygen atoms in total. The van der Waals surface area contributed by atoms with E-state index in [2.05, 4.69) is 154 Å². The molecule has 0 saturated carbocycles. The van der Waals surface area contributed by atoms with E-state index in [-0.39, 0.29) is 27.3 Å². The fourth-order valence-electron chi connectivity index (χ4n) is 7.88. The van der Waals surface area contributed by atoms with Crippen molar-refractivity contribution < 1.29 is 0 Å². The van der Waals surface area contributed by atoms with E-state index in [0.717, 1.165) is 21.0 Å². The standard InChI is InChI=1S/C27H59Si6.C3H7.CH3NOS.Pb/c1-28(2,3)25(29(4,5)6)22-19-23(26(30(7,8)9)31(10,11)12)21-24(20-22)27(32(13,14)15)33(16,17)18;1-3-2;3-2-1-4;/h19-20,25-27H,1-18H3;3H,1-2H3;1,3H,(H,2,4);/q;;;+2/p-2. The monoisotopic (exact) mass is 877 g/mol. The smallest absolute Gasteiger partial charge is 0.794 e. The van der Waals surface area contributed by atoms with Gasteiger partial charge in [-0.2, -0.15) is 0 Å². The Labute approximate surface area is 290 Å². The molecule has 1 rings (SSSR count). The van der Waals surface area contributed by atoms with Crippen LogP contribution >= 0.6 is 0 Å². The van der Waals surface area contributed by atoms with Crippen molar-refractivity contribution in [3.05, 3.63) is 46.5 Å². The minimum absolute atomic E-state index is 0. The summed E-state index contributed by atoms with van der Waals surface area (Å²) >= 11 is 3.95. The number of benzene rings is 1. The van der Waals surface area contributed by atoms with Gasteiger partial charge in [-0.25, -0.2) is 0 Å². The van der Waals surface area contributed by atoms with E-state index in [4.69, 9.17) is 5.21 Å². The Morgan fingerprint density at radius 2 is 0.780 bits per heavy atom. The molecule has 10 heteroatoms. The third kappa shape index (κ3) is 16.3. The Morgan fingerprint density at radius 1 is 0.585 bits per heavy atom. The van der Waals surface area contributed by atoms with Crippen molar-refractivity contribution in [1.29, 1.82) is 0 Å². The van der Waals surface area contributed by atoms with Crippen molar-refractivity contribution in [2.24, 2.45) is 5.16 Å². The van der Waals surface area contributed by atoms with Gasteiger partial charge in [-0.05, 0) is 44.7 Å². The summed E-state index contributed by atoms with van der Waals surface area (Å²) in [6.45, 7) is 51.0. The van der Waals surface area contributed by atoms with Gasteiger partial charge in [-0.1, -0.05) is 144 Å². The molecule has 0 spiro atoms. The molecular weight excluding hydrogens is 810 g/mol. The molecule has 236 valence electrons. The predicted octanol–water partition coefficient (Wildman–Crippen LogP) is 10.9. The molecule has 0 N–H and O–H groups in total. The largest absolute Gasteiger partial charge is 2.00 e. The summed E-state index contributed by atoms with van der Waals surface area (Å²) in [5.41, 5.74) is 5.72. The third-order valence-electron chi connectivity index (χ3n) is 7.13. The van der Waals surface area contributed by atoms with Crippen LogP contribution in [0.1, 0.15) is 46.0 Å². The molecule has 0 aliphatic heterocycles. The Bertz CT molecular complexity index is 750. The molecule has 0 aliphatic carbocycles. The van der Waals surface area contributed by atoms with E-state index in [9.17, 15) is 0 Å². The van der Waals surface area contributed by atoms with Crippen molar-refractivity contribution in [2.45, 2.75) is 147 Å². The van der Waals surface area contributed by atoms with Crippen molar-refractivity contribution in [1.82, 2.24) is 0 Å². The molecule has 0 unspecified atom stereocenters. The summed E-state index contributed by atoms with van der Waals surface area (Å²) < 4.78 is 0. The van der Waals surface area contributed by atoms with Crippen molar-refractivity contribution in [3.63, 3.8) is 0 Å². The molecule has 0 heterocycles. The topological polar surface area (TPSA) is 35.4 Å². The third-order valence-corrected chi connectivity index (χ3v) is 35.1. The van der Waals surface area contributed by atoms with Crippen LogP contribution in [0, 0.1) is 17.7 Å². The van der Waals surface area contributed by atoms with Gasteiger partial charge in [0.25, 0.3) is 0 Å². The number of nitrogens with zero attached hydrogens (tertiary/aromatic N) is 1. The average molecular weight is 878 g/mol. The second kappa shape index (κ2) is 17.7. The van der Waals surface area contributed by atoms with E-state index in [0.29, 0.717) is 0 Å². The second-order valence-electron chi connectivity index (χ2n) is 18.1. The van der Waals surface area contributed by atoms with Crippen LogP contribution in [0.15, 0.2) is 17.3 Å². The van der Waals surface area contributed by atoms with Gasteiger partial charge in [0.2, 0.25) is 0 Å². The minimum atomic E-state index is -1.39. The molecule has 0 atom stereocenters. The molecule has 0 amide bonds. The number of rotatable bonds is 9. The SMILES string of the molecule is C[CH]C.C[Si](C)(C)C(c1[c]c(C([Si](C)(C)C)[Si](C)(C)C)cc(C([Si](C)(C)C)[Si](C)(C)C)c1)[Si](C)(C)C.[O-]N=C[S-].[Pb+2]. The van der Waals surface area contributed by atoms with Crippen molar-refractivity contribution in [2.75, 3.05) is 0 Å². The van der Waals surface area contributed by atoms with Gasteiger partial charge in [0.15, 0.2) is 0 Å². The average Bonchev–Trinajstić information content (AvgIpc) is 2.61. The van der Waals surface area contributed by atoms with Crippen LogP contribution in [0.2, 0.25) is 118 Å². The van der Waals surface area contributed by atoms with Gasteiger partial charge in [-0.3, -0.25) is 0 Å². The normalized spacial score (nSPS) is 13.5. The first-order chi connectivity index (χ1) is 17.5. The van der Waals surface area contributed by atoms with Gasteiger partial charge in [0, 0.05) is 48.4 Å². The maximum absolute atomic E-state index is 8.76. The molecule has 4 radical (unpaired) electrons. The van der Waals surface area contributed by atoms with E-state index < -0.39 is 48.4 Å². The second-order valence-corrected chi connectivity index (χ2v) is 51.9. The van der Waals surface area contributed by atoms with Crippen LogP contribution in [0.5, 0.6) is 0 Å². The fraction of sp³-hybridized carbons (Fsp3) is 0.742. The van der Waals surface area contributed by atoms with Gasteiger partial charge in [-0.15, -0.1) is 5.55 Å². The molecule has 1 aromatic carbocycles. The Morgan fingerprint density at radius 3 is 0.927 bits per heavy atom. The fourth-order valence-corrected chi connectivity index (χ4v) is 45.7. The van der Waals surface area contributed by atoms with Gasteiger partial charge in [0.05, 0.1) is 0 Å². The first-order valence-electron chi connectivity index (χ1n) is 15.1. The number of hydrogen-bond donors (Lipinski definition) is 0. The summed E-state index contributed by atoms with van der Waals surface area (Å²) in [4.78, 5) is 0. The van der Waals surface area contributed by atoms with Crippen LogP contribution in [0.4, 0.5) is 0 Å². The van der Waals surface area contributed by atoms with E-state index in [1.165, 1.54) is 0 Å². The first kappa shape index (κ1) is 46.6. The zero-order valence-electron chi connectivity index (χ0n) is 30.8. The Hall–Kier alpha value is 1.13. The molecular formula is C31H67NOPbSSi6. The van der Waals surface area contributed by atoms with E-state index in [1.54, 1.807) is 16.7 Å². The van der Waals surface area contributed by atoms with Gasteiger partial charge >= 0.3 is 27.3 Å². The molecule has 0 bridgehead atoms. The molecule has 0 aromatic heterocycles. The van der Waals surface area contributed by atoms with Crippen molar-refractivity contribution in [3.8, 4) is 0 Å². The Balaban J connectivity index is -0.00000162. The maximum Gasteiger partial charge on any atom is 2.00 e. The molecule has 0 aliphatic rings. The summed E-state index contributed by atoms with van der Waals surface area (Å²) in [6.07, 6.45) is 2.00. The number of hydrogen-bond acceptors (Lipinski definition) is 3. The van der Waals surface area contributed by atoms with Crippen LogP contribution in [-0.2, 0) is 12.6 Å². The predicted molar refractivity (Wildman–Crippen MR) is 214 cm³/mol. The van der Waals surface area contributed by atoms with Crippen LogP contribution in [0.3, 0.4) is 0 Å². The quantitative estimate of drug-likeness (QED) is 0.0815. The first-order valence-corrected chi connectivity index (χ1v) is 37.0. The molecule has 41 heavy (non-hydrogen) atoms. The molecule has 0 saturated heterocycles. The van der Waals surface area contributed by atoms with E-state index in [1.807, 2.05) is 20.3 Å². The van der Waals surface area contributed by atoms with Crippen LogP contribution in [-0.4, -0.2) is 81.3 Å². The van der Waals surface area contributed by atoms with Crippen molar-refractivity contribution >= 4 is 93.9 Å². The van der Waals surface area contributed by atoms with Gasteiger partial charge < -0.3 is 23.0 Å². The molecule has 0 fully saturated rings. The maximum atomic E-state index is 8.76. The summed E-state index contributed by atoms with van der Waals surface area (Å²) in [7, 11) is -8.28. The summed E-state index contributed by atoms with van der Waals surface area (Å²) in [5, 5.41) is 13.3. The Kier molecular flexibility index (Phi) is 20.1. The summed E-state index contributed by atoms with van der Waals surface area (Å²) in [6, 6.07) is 9.65. The van der Waals surface area contributed by atoms with Crippen LogP contribution in [0.25, 0.3) is 0 Å². The summed E-state index contributed by atoms with van der Waals surface area (Å²) in [5.74, 6) is 0. The van der Waals surface area contributed by atoms with Crippen LogP contribution < -0.4 is 0 Å². The molecule has 1 aromatic rings. The van der Waals surface area contributed by atoms with E-state index >= 15 is 0 Å². The van der Waals surface area contributed by atoms with Gasteiger partial charge in [0.1, 0.15) is 0 Å². The zero-order chi connectivity index (χ0) is 32.7. The zero-order valence-corrected chi connectivity index (χ0v) is 41.5. The minimum Gasteiger partial charge on any atom is -0.794 e.